The molecule has 3 nitrogen and oxygen atoms in total. The zero-order chi connectivity index (χ0) is 9.10. The van der Waals surface area contributed by atoms with Crippen molar-refractivity contribution in [3.63, 3.8) is 0 Å². The summed E-state index contributed by atoms with van der Waals surface area (Å²) in [6, 6.07) is 2.77. The van der Waals surface area contributed by atoms with Gasteiger partial charge in [-0.05, 0) is 12.8 Å². The van der Waals surface area contributed by atoms with Crippen LogP contribution in [-0.4, -0.2) is 36.7 Å². The molecule has 13 heavy (non-hydrogen) atoms. The highest BCUT2D eigenvalue weighted by atomic mass is 16.5. The maximum Gasteiger partial charge on any atom is 0.0870 e. The number of morpholine rings is 1. The third-order valence-electron chi connectivity index (χ3n) is 3.12. The number of hydrogen-bond donors (Lipinski definition) is 0. The highest BCUT2D eigenvalue weighted by Crippen LogP contribution is 2.27. The molecule has 72 valence electrons. The summed E-state index contributed by atoms with van der Waals surface area (Å²) in [6.45, 7) is 2.32. The molecule has 2 atom stereocenters. The van der Waals surface area contributed by atoms with Crippen molar-refractivity contribution in [2.45, 2.75) is 37.8 Å². The maximum atomic E-state index is 8.68. The van der Waals surface area contributed by atoms with Crippen LogP contribution in [0, 0.1) is 11.3 Å². The largest absolute Gasteiger partial charge is 0.375 e. The molecule has 1 saturated heterocycles. The minimum atomic E-state index is 0.413. The summed E-state index contributed by atoms with van der Waals surface area (Å²) in [4.78, 5) is 2.29. The van der Waals surface area contributed by atoms with Crippen molar-refractivity contribution in [3.05, 3.63) is 0 Å². The van der Waals surface area contributed by atoms with Crippen LogP contribution in [0.15, 0.2) is 0 Å². The van der Waals surface area contributed by atoms with E-state index in [4.69, 9.17) is 10.00 Å². The van der Waals surface area contributed by atoms with E-state index in [0.717, 1.165) is 13.2 Å². The van der Waals surface area contributed by atoms with Gasteiger partial charge in [0.05, 0.1) is 25.3 Å². The van der Waals surface area contributed by atoms with E-state index in [2.05, 4.69) is 11.0 Å². The van der Waals surface area contributed by atoms with Gasteiger partial charge in [-0.25, -0.2) is 0 Å². The second kappa shape index (κ2) is 4.08. The minimum absolute atomic E-state index is 0.413. The Morgan fingerprint density at radius 1 is 1.38 bits per heavy atom. The van der Waals surface area contributed by atoms with Gasteiger partial charge in [0.1, 0.15) is 0 Å². The molecular formula is C10H16N2O. The molecule has 3 heteroatoms. The molecule has 1 saturated carbocycles. The molecular weight excluding hydrogens is 164 g/mol. The summed E-state index contributed by atoms with van der Waals surface area (Å²) in [5, 5.41) is 8.68. The van der Waals surface area contributed by atoms with Crippen LogP contribution in [0.3, 0.4) is 0 Å². The number of nitrogens with zero attached hydrogens (tertiary/aromatic N) is 2. The molecule has 2 unspecified atom stereocenters. The summed E-state index contributed by atoms with van der Waals surface area (Å²) in [7, 11) is 0. The number of fused-ring (bicyclic) bond motifs is 1. The molecule has 0 amide bonds. The molecule has 1 aliphatic heterocycles. The predicted octanol–water partition coefficient (Wildman–Crippen LogP) is 1.15. The zero-order valence-corrected chi connectivity index (χ0v) is 7.91. The number of rotatable bonds is 1. The van der Waals surface area contributed by atoms with Crippen molar-refractivity contribution < 1.29 is 4.74 Å². The van der Waals surface area contributed by atoms with Gasteiger partial charge < -0.3 is 4.74 Å². The van der Waals surface area contributed by atoms with E-state index in [0.29, 0.717) is 18.7 Å². The molecule has 1 heterocycles. The molecule has 0 aromatic carbocycles. The average molecular weight is 180 g/mol. The first-order valence-corrected chi connectivity index (χ1v) is 5.14. The normalized spacial score (nSPS) is 35.0. The fourth-order valence-corrected chi connectivity index (χ4v) is 2.46. The first-order chi connectivity index (χ1) is 6.42. The summed E-state index contributed by atoms with van der Waals surface area (Å²) in [6.07, 6.45) is 5.41. The van der Waals surface area contributed by atoms with Crippen molar-refractivity contribution in [3.8, 4) is 6.07 Å². The van der Waals surface area contributed by atoms with Gasteiger partial charge in [-0.2, -0.15) is 5.26 Å². The molecule has 0 aromatic heterocycles. The van der Waals surface area contributed by atoms with Crippen LogP contribution in [-0.2, 0) is 4.74 Å². The van der Waals surface area contributed by atoms with Crippen LogP contribution >= 0.6 is 0 Å². The first-order valence-electron chi connectivity index (χ1n) is 5.14. The topological polar surface area (TPSA) is 36.3 Å². The van der Waals surface area contributed by atoms with Crippen LogP contribution in [0.5, 0.6) is 0 Å². The van der Waals surface area contributed by atoms with Crippen LogP contribution in [0.25, 0.3) is 0 Å². The van der Waals surface area contributed by atoms with Crippen LogP contribution in [0.2, 0.25) is 0 Å². The lowest BCUT2D eigenvalue weighted by Crippen LogP contribution is -2.52. The summed E-state index contributed by atoms with van der Waals surface area (Å²) in [5.74, 6) is 0. The second-order valence-electron chi connectivity index (χ2n) is 3.89. The van der Waals surface area contributed by atoms with Crippen molar-refractivity contribution in [1.82, 2.24) is 4.90 Å². The number of hydrogen-bond acceptors (Lipinski definition) is 3. The van der Waals surface area contributed by atoms with Gasteiger partial charge in [0, 0.05) is 12.6 Å². The molecule has 0 aromatic rings. The van der Waals surface area contributed by atoms with Gasteiger partial charge in [0.25, 0.3) is 0 Å². The Morgan fingerprint density at radius 3 is 3.08 bits per heavy atom. The second-order valence-corrected chi connectivity index (χ2v) is 3.89. The SMILES string of the molecule is N#CCN1CCOC2CCCCC21. The molecule has 2 fully saturated rings. The predicted molar refractivity (Wildman–Crippen MR) is 49.2 cm³/mol. The molecule has 0 radical (unpaired) electrons. The molecule has 1 aliphatic carbocycles. The van der Waals surface area contributed by atoms with Crippen LogP contribution in [0.4, 0.5) is 0 Å². The van der Waals surface area contributed by atoms with Crippen molar-refractivity contribution in [1.29, 1.82) is 5.26 Å². The highest BCUT2D eigenvalue weighted by molar-refractivity contribution is 4.91. The van der Waals surface area contributed by atoms with E-state index in [9.17, 15) is 0 Å². The molecule has 0 bridgehead atoms. The number of ether oxygens (including phenoxy) is 1. The lowest BCUT2D eigenvalue weighted by Gasteiger charge is -2.42. The lowest BCUT2D eigenvalue weighted by molar-refractivity contribution is -0.0835. The fraction of sp³-hybridized carbons (Fsp3) is 0.900. The number of nitriles is 1. The fourth-order valence-electron chi connectivity index (χ4n) is 2.46. The van der Waals surface area contributed by atoms with Gasteiger partial charge in [-0.3, -0.25) is 4.90 Å². The van der Waals surface area contributed by atoms with E-state index in [1.54, 1.807) is 0 Å². The van der Waals surface area contributed by atoms with Gasteiger partial charge in [0.15, 0.2) is 0 Å². The summed E-state index contributed by atoms with van der Waals surface area (Å²) >= 11 is 0. The third kappa shape index (κ3) is 1.84. The molecule has 0 spiro atoms. The highest BCUT2D eigenvalue weighted by Gasteiger charge is 2.33. The summed E-state index contributed by atoms with van der Waals surface area (Å²) in [5.41, 5.74) is 0. The molecule has 2 aliphatic rings. The Kier molecular flexibility index (Phi) is 2.82. The van der Waals surface area contributed by atoms with Gasteiger partial charge in [0.2, 0.25) is 0 Å². The molecule has 2 rings (SSSR count). The van der Waals surface area contributed by atoms with Gasteiger partial charge >= 0.3 is 0 Å². The van der Waals surface area contributed by atoms with E-state index in [1.807, 2.05) is 0 Å². The van der Waals surface area contributed by atoms with Crippen LogP contribution in [0.1, 0.15) is 25.7 Å². The van der Waals surface area contributed by atoms with E-state index < -0.39 is 0 Å². The Morgan fingerprint density at radius 2 is 2.23 bits per heavy atom. The lowest BCUT2D eigenvalue weighted by atomic mass is 9.90. The van der Waals surface area contributed by atoms with Gasteiger partial charge in [-0.1, -0.05) is 12.8 Å². The maximum absolute atomic E-state index is 8.68. The Balaban J connectivity index is 1.99. The monoisotopic (exact) mass is 180 g/mol. The van der Waals surface area contributed by atoms with E-state index in [1.165, 1.54) is 25.7 Å². The average Bonchev–Trinajstić information content (AvgIpc) is 2.19. The van der Waals surface area contributed by atoms with Gasteiger partial charge in [-0.15, -0.1) is 0 Å². The zero-order valence-electron chi connectivity index (χ0n) is 7.91. The quantitative estimate of drug-likeness (QED) is 0.568. The standard InChI is InChI=1S/C10H16N2O/c11-5-6-12-7-8-13-10-4-2-1-3-9(10)12/h9-10H,1-4,6-8H2. The van der Waals surface area contributed by atoms with E-state index >= 15 is 0 Å². The van der Waals surface area contributed by atoms with Crippen molar-refractivity contribution in [2.24, 2.45) is 0 Å². The Labute approximate surface area is 79.3 Å². The van der Waals surface area contributed by atoms with Crippen LogP contribution < -0.4 is 0 Å². The minimum Gasteiger partial charge on any atom is -0.375 e. The first kappa shape index (κ1) is 8.98. The van der Waals surface area contributed by atoms with Crippen molar-refractivity contribution in [2.75, 3.05) is 19.7 Å². The molecule has 0 N–H and O–H groups in total. The Bertz CT molecular complexity index is 209. The summed E-state index contributed by atoms with van der Waals surface area (Å²) < 4.78 is 5.71. The Hall–Kier alpha value is -0.590. The van der Waals surface area contributed by atoms with E-state index in [-0.39, 0.29) is 0 Å². The third-order valence-corrected chi connectivity index (χ3v) is 3.12. The smallest absolute Gasteiger partial charge is 0.0870 e. The van der Waals surface area contributed by atoms with Crippen molar-refractivity contribution >= 4 is 0 Å².